The molecule has 2 atom stereocenters. The topological polar surface area (TPSA) is 50.1 Å². The molecule has 0 spiro atoms. The average molecular weight is 720 g/mol. The molecule has 0 amide bonds. The van der Waals surface area contributed by atoms with Crippen LogP contribution < -0.4 is 16.4 Å². The molecule has 10 aromatic carbocycles. The Balaban J connectivity index is 1.17. The molecule has 0 aromatic heterocycles. The summed E-state index contributed by atoms with van der Waals surface area (Å²) in [6.45, 7) is 0.616. The van der Waals surface area contributed by atoms with Crippen molar-refractivity contribution in [1.29, 1.82) is 0 Å². The smallest absolute Gasteiger partial charge is 0.0858 e. The van der Waals surface area contributed by atoms with Gasteiger partial charge in [0.1, 0.15) is 0 Å². The highest BCUT2D eigenvalue weighted by atomic mass is 15.2. The number of hydrogen-bond acceptors (Lipinski definition) is 3. The van der Waals surface area contributed by atoms with E-state index < -0.39 is 0 Å². The number of nitrogens with one attached hydrogen (secondary N) is 2. The van der Waals surface area contributed by atoms with Crippen LogP contribution in [0.3, 0.4) is 0 Å². The van der Waals surface area contributed by atoms with Crippen LogP contribution in [0.5, 0.6) is 0 Å². The molecule has 10 rings (SSSR count). The minimum Gasteiger partial charge on any atom is -0.312 e. The molecule has 268 valence electrons. The standard InChI is InChI=1S/C53H41N3/c54-52(37-20-5-2-6-21-37)56-53(47-30-16-11-23-39(47)35-17-3-1-4-18-35)55-34-49-42-26-12-14-28-44(42)51(45-29-15-13-27-43(45)49)50-41-25-10-8-22-38(41)33-48-40-24-9-7-19-36(40)31-32-46(48)50/h1-33,52-53,55-56H,34,54H2. The molecule has 0 bridgehead atoms. The van der Waals surface area contributed by atoms with E-state index in [0.717, 1.165) is 11.1 Å². The van der Waals surface area contributed by atoms with E-state index in [1.807, 2.05) is 18.2 Å². The summed E-state index contributed by atoms with van der Waals surface area (Å²) in [5, 5.41) is 20.3. The van der Waals surface area contributed by atoms with E-state index in [9.17, 15) is 0 Å². The summed E-state index contributed by atoms with van der Waals surface area (Å²) < 4.78 is 0. The Bertz CT molecular complexity index is 2970. The fraction of sp³-hybridized carbons (Fsp3) is 0.0566. The van der Waals surface area contributed by atoms with Crippen LogP contribution >= 0.6 is 0 Å². The molecule has 2 unspecified atom stereocenters. The zero-order valence-electron chi connectivity index (χ0n) is 31.0. The Hall–Kier alpha value is -6.62. The largest absolute Gasteiger partial charge is 0.312 e. The number of hydrogen-bond donors (Lipinski definition) is 3. The van der Waals surface area contributed by atoms with Gasteiger partial charge in [-0.3, -0.25) is 10.6 Å². The molecule has 4 N–H and O–H groups in total. The maximum atomic E-state index is 6.93. The van der Waals surface area contributed by atoms with Crippen LogP contribution in [0.2, 0.25) is 0 Å². The van der Waals surface area contributed by atoms with Crippen molar-refractivity contribution in [3.8, 4) is 22.3 Å². The van der Waals surface area contributed by atoms with E-state index in [1.54, 1.807) is 0 Å². The lowest BCUT2D eigenvalue weighted by Gasteiger charge is -2.28. The van der Waals surface area contributed by atoms with Gasteiger partial charge in [0.05, 0.1) is 12.3 Å². The van der Waals surface area contributed by atoms with Crippen molar-refractivity contribution in [2.75, 3.05) is 0 Å². The summed E-state index contributed by atoms with van der Waals surface area (Å²) in [4.78, 5) is 0. The van der Waals surface area contributed by atoms with Crippen LogP contribution in [0, 0.1) is 0 Å². The minimum atomic E-state index is -0.385. The van der Waals surface area contributed by atoms with Crippen LogP contribution in [0.15, 0.2) is 200 Å². The van der Waals surface area contributed by atoms with Crippen molar-refractivity contribution in [1.82, 2.24) is 10.6 Å². The average Bonchev–Trinajstić information content (AvgIpc) is 3.27. The van der Waals surface area contributed by atoms with Gasteiger partial charge >= 0.3 is 0 Å². The van der Waals surface area contributed by atoms with E-state index in [-0.39, 0.29) is 12.3 Å². The van der Waals surface area contributed by atoms with Gasteiger partial charge in [-0.1, -0.05) is 194 Å². The minimum absolute atomic E-state index is 0.255. The van der Waals surface area contributed by atoms with Crippen molar-refractivity contribution >= 4 is 53.9 Å². The summed E-state index contributed by atoms with van der Waals surface area (Å²) in [5.41, 5.74) is 15.2. The van der Waals surface area contributed by atoms with E-state index in [1.165, 1.54) is 81.7 Å². The molecule has 3 heteroatoms. The van der Waals surface area contributed by atoms with Crippen molar-refractivity contribution in [2.45, 2.75) is 18.9 Å². The Morgan fingerprint density at radius 3 is 1.64 bits per heavy atom. The van der Waals surface area contributed by atoms with Crippen molar-refractivity contribution in [3.05, 3.63) is 217 Å². The number of nitrogens with two attached hydrogens (primary N) is 1. The molecular formula is C53H41N3. The lowest BCUT2D eigenvalue weighted by molar-refractivity contribution is 0.387. The molecule has 0 heterocycles. The van der Waals surface area contributed by atoms with E-state index in [2.05, 4.69) is 193 Å². The third kappa shape index (κ3) is 6.00. The van der Waals surface area contributed by atoms with Gasteiger partial charge in [-0.15, -0.1) is 0 Å². The molecule has 56 heavy (non-hydrogen) atoms. The van der Waals surface area contributed by atoms with Crippen LogP contribution in [0.1, 0.15) is 29.0 Å². The molecular weight excluding hydrogens is 679 g/mol. The second kappa shape index (κ2) is 14.6. The van der Waals surface area contributed by atoms with Gasteiger partial charge in [-0.2, -0.15) is 0 Å². The Morgan fingerprint density at radius 1 is 0.411 bits per heavy atom. The zero-order valence-corrected chi connectivity index (χ0v) is 31.0. The lowest BCUT2D eigenvalue weighted by atomic mass is 9.83. The highest BCUT2D eigenvalue weighted by Gasteiger charge is 2.23. The third-order valence-electron chi connectivity index (χ3n) is 11.4. The lowest BCUT2D eigenvalue weighted by Crippen LogP contribution is -2.40. The summed E-state index contributed by atoms with van der Waals surface area (Å²) >= 11 is 0. The Morgan fingerprint density at radius 2 is 0.929 bits per heavy atom. The second-order valence-corrected chi connectivity index (χ2v) is 14.6. The maximum absolute atomic E-state index is 6.93. The fourth-order valence-electron chi connectivity index (χ4n) is 8.80. The first-order valence-corrected chi connectivity index (χ1v) is 19.4. The monoisotopic (exact) mass is 719 g/mol. The molecule has 0 saturated heterocycles. The highest BCUT2D eigenvalue weighted by Crippen LogP contribution is 2.46. The summed E-state index contributed by atoms with van der Waals surface area (Å²) in [6, 6.07) is 72.0. The van der Waals surface area contributed by atoms with Gasteiger partial charge in [0.25, 0.3) is 0 Å². The first-order chi connectivity index (χ1) is 27.7. The Kier molecular flexibility index (Phi) is 8.81. The van der Waals surface area contributed by atoms with Crippen LogP contribution in [-0.4, -0.2) is 0 Å². The van der Waals surface area contributed by atoms with Gasteiger partial charge in [-0.25, -0.2) is 0 Å². The number of benzene rings is 10. The molecule has 0 radical (unpaired) electrons. The maximum Gasteiger partial charge on any atom is 0.0858 e. The third-order valence-corrected chi connectivity index (χ3v) is 11.4. The van der Waals surface area contributed by atoms with Crippen LogP contribution in [0.25, 0.3) is 76.1 Å². The van der Waals surface area contributed by atoms with Crippen molar-refractivity contribution < 1.29 is 0 Å². The van der Waals surface area contributed by atoms with Crippen LogP contribution in [-0.2, 0) is 6.54 Å². The molecule has 3 nitrogen and oxygen atoms in total. The van der Waals surface area contributed by atoms with E-state index in [4.69, 9.17) is 5.73 Å². The fourth-order valence-corrected chi connectivity index (χ4v) is 8.80. The van der Waals surface area contributed by atoms with Crippen molar-refractivity contribution in [2.24, 2.45) is 5.73 Å². The van der Waals surface area contributed by atoms with E-state index >= 15 is 0 Å². The molecule has 0 saturated carbocycles. The van der Waals surface area contributed by atoms with Gasteiger partial charge in [0, 0.05) is 6.54 Å². The quantitative estimate of drug-likeness (QED) is 0.0791. The molecule has 0 aliphatic rings. The van der Waals surface area contributed by atoms with Gasteiger partial charge in [-0.05, 0) is 98.9 Å². The summed E-state index contributed by atoms with van der Waals surface area (Å²) in [7, 11) is 0. The van der Waals surface area contributed by atoms with Gasteiger partial charge < -0.3 is 5.73 Å². The number of rotatable bonds is 9. The van der Waals surface area contributed by atoms with E-state index in [0.29, 0.717) is 6.54 Å². The molecule has 0 aliphatic carbocycles. The number of fused-ring (bicyclic) bond motifs is 6. The van der Waals surface area contributed by atoms with Crippen LogP contribution in [0.4, 0.5) is 0 Å². The van der Waals surface area contributed by atoms with Crippen molar-refractivity contribution in [3.63, 3.8) is 0 Å². The van der Waals surface area contributed by atoms with Gasteiger partial charge in [0.15, 0.2) is 0 Å². The molecule has 0 aliphatic heterocycles. The van der Waals surface area contributed by atoms with Gasteiger partial charge in [0.2, 0.25) is 0 Å². The SMILES string of the molecule is NC(NC(NCc1c2ccccc2c(-c2c3ccccc3cc3c2ccc2ccccc23)c2ccccc12)c1ccccc1-c1ccccc1)c1ccccc1. The predicted molar refractivity (Wildman–Crippen MR) is 237 cm³/mol. The molecule has 0 fully saturated rings. The first kappa shape index (κ1) is 33.9. The predicted octanol–water partition coefficient (Wildman–Crippen LogP) is 12.8. The summed E-state index contributed by atoms with van der Waals surface area (Å²) in [6.07, 6.45) is -0.641. The molecule has 10 aromatic rings. The first-order valence-electron chi connectivity index (χ1n) is 19.4. The zero-order chi connectivity index (χ0) is 37.4. The second-order valence-electron chi connectivity index (χ2n) is 14.6. The summed E-state index contributed by atoms with van der Waals surface area (Å²) in [5.74, 6) is 0. The Labute approximate surface area is 327 Å². The highest BCUT2D eigenvalue weighted by molar-refractivity contribution is 6.27. The normalized spacial score (nSPS) is 12.8.